The summed E-state index contributed by atoms with van der Waals surface area (Å²) in [6.07, 6.45) is 4.32. The SMILES string of the molecule is CCCCOCCCNCc1c(Cl)cccc1S(C)(=O)=O. The zero-order chi connectivity index (χ0) is 15.7. The van der Waals surface area contributed by atoms with E-state index in [1.165, 1.54) is 6.26 Å². The minimum Gasteiger partial charge on any atom is -0.381 e. The van der Waals surface area contributed by atoms with Crippen molar-refractivity contribution in [2.24, 2.45) is 0 Å². The van der Waals surface area contributed by atoms with Gasteiger partial charge in [-0.05, 0) is 31.5 Å². The summed E-state index contributed by atoms with van der Waals surface area (Å²) < 4.78 is 28.9. The van der Waals surface area contributed by atoms with Crippen LogP contribution < -0.4 is 5.32 Å². The third-order valence-electron chi connectivity index (χ3n) is 3.06. The van der Waals surface area contributed by atoms with Gasteiger partial charge in [0.05, 0.1) is 4.90 Å². The number of sulfone groups is 1. The van der Waals surface area contributed by atoms with Crippen LogP contribution >= 0.6 is 11.6 Å². The molecule has 1 aromatic carbocycles. The molecule has 0 saturated carbocycles. The first-order valence-corrected chi connectivity index (χ1v) is 9.49. The maximum absolute atomic E-state index is 11.7. The molecule has 0 heterocycles. The zero-order valence-electron chi connectivity index (χ0n) is 12.7. The summed E-state index contributed by atoms with van der Waals surface area (Å²) in [5.74, 6) is 0. The van der Waals surface area contributed by atoms with Crippen LogP contribution in [0.2, 0.25) is 5.02 Å². The third-order valence-corrected chi connectivity index (χ3v) is 4.60. The average molecular weight is 334 g/mol. The standard InChI is InChI=1S/C15H24ClNO3S/c1-3-4-10-20-11-6-9-17-12-13-14(16)7-5-8-15(13)21(2,18)19/h5,7-8,17H,3-4,6,9-12H2,1-2H3. The molecule has 1 rings (SSSR count). The smallest absolute Gasteiger partial charge is 0.175 e. The van der Waals surface area contributed by atoms with Crippen LogP contribution in [0.25, 0.3) is 0 Å². The van der Waals surface area contributed by atoms with Crippen LogP contribution in [0.15, 0.2) is 23.1 Å². The highest BCUT2D eigenvalue weighted by atomic mass is 35.5. The van der Waals surface area contributed by atoms with E-state index in [0.29, 0.717) is 28.6 Å². The minimum absolute atomic E-state index is 0.293. The predicted molar refractivity (Wildman–Crippen MR) is 86.6 cm³/mol. The van der Waals surface area contributed by atoms with Crippen LogP contribution in [0, 0.1) is 0 Å². The lowest BCUT2D eigenvalue weighted by Gasteiger charge is -2.11. The van der Waals surface area contributed by atoms with Crippen molar-refractivity contribution < 1.29 is 13.2 Å². The Bertz CT molecular complexity index is 532. The van der Waals surface area contributed by atoms with E-state index < -0.39 is 9.84 Å². The maximum Gasteiger partial charge on any atom is 0.175 e. The molecule has 1 N–H and O–H groups in total. The van der Waals surface area contributed by atoms with Crippen molar-refractivity contribution in [3.8, 4) is 0 Å². The fourth-order valence-corrected chi connectivity index (χ4v) is 3.17. The summed E-state index contributed by atoms with van der Waals surface area (Å²) in [6.45, 7) is 4.86. The van der Waals surface area contributed by atoms with Crippen LogP contribution in [0.3, 0.4) is 0 Å². The molecule has 0 spiro atoms. The highest BCUT2D eigenvalue weighted by Crippen LogP contribution is 2.23. The number of rotatable bonds is 10. The lowest BCUT2D eigenvalue weighted by molar-refractivity contribution is 0.128. The van der Waals surface area contributed by atoms with Gasteiger partial charge in [0.15, 0.2) is 9.84 Å². The average Bonchev–Trinajstić information content (AvgIpc) is 2.42. The quantitative estimate of drug-likeness (QED) is 0.669. The van der Waals surface area contributed by atoms with Crippen LogP contribution in [-0.2, 0) is 21.1 Å². The van der Waals surface area contributed by atoms with Gasteiger partial charge in [-0.3, -0.25) is 0 Å². The molecule has 0 aromatic heterocycles. The second-order valence-corrected chi connectivity index (χ2v) is 7.38. The van der Waals surface area contributed by atoms with E-state index in [1.54, 1.807) is 18.2 Å². The fourth-order valence-electron chi connectivity index (χ4n) is 1.92. The van der Waals surface area contributed by atoms with E-state index >= 15 is 0 Å². The molecular weight excluding hydrogens is 310 g/mol. The molecule has 6 heteroatoms. The van der Waals surface area contributed by atoms with Gasteiger partial charge in [0.1, 0.15) is 0 Å². The van der Waals surface area contributed by atoms with Crippen LogP contribution in [0.1, 0.15) is 31.7 Å². The highest BCUT2D eigenvalue weighted by molar-refractivity contribution is 7.90. The van der Waals surface area contributed by atoms with E-state index in [9.17, 15) is 8.42 Å². The van der Waals surface area contributed by atoms with Crippen LogP contribution in [0.5, 0.6) is 0 Å². The van der Waals surface area contributed by atoms with Gasteiger partial charge in [-0.15, -0.1) is 0 Å². The molecule has 0 amide bonds. The van der Waals surface area contributed by atoms with Crippen molar-refractivity contribution in [1.29, 1.82) is 0 Å². The summed E-state index contributed by atoms with van der Waals surface area (Å²) >= 11 is 6.10. The molecule has 0 unspecified atom stereocenters. The van der Waals surface area contributed by atoms with Crippen LogP contribution in [-0.4, -0.2) is 34.4 Å². The summed E-state index contributed by atoms with van der Waals surface area (Å²) in [6, 6.07) is 4.96. The summed E-state index contributed by atoms with van der Waals surface area (Å²) in [7, 11) is -3.26. The maximum atomic E-state index is 11.7. The Balaban J connectivity index is 2.42. The second kappa shape index (κ2) is 9.41. The number of halogens is 1. The Labute approximate surface area is 132 Å². The number of ether oxygens (including phenoxy) is 1. The number of unbranched alkanes of at least 4 members (excludes halogenated alkanes) is 1. The molecule has 0 atom stereocenters. The normalized spacial score (nSPS) is 11.8. The van der Waals surface area contributed by atoms with E-state index in [-0.39, 0.29) is 0 Å². The molecule has 120 valence electrons. The van der Waals surface area contributed by atoms with Gasteiger partial charge >= 0.3 is 0 Å². The van der Waals surface area contributed by atoms with E-state index in [0.717, 1.165) is 32.4 Å². The van der Waals surface area contributed by atoms with Gasteiger partial charge in [0.25, 0.3) is 0 Å². The summed E-state index contributed by atoms with van der Waals surface area (Å²) in [5, 5.41) is 3.69. The van der Waals surface area contributed by atoms with Gasteiger partial charge in [0.2, 0.25) is 0 Å². The van der Waals surface area contributed by atoms with Gasteiger partial charge in [-0.25, -0.2) is 8.42 Å². The number of nitrogens with one attached hydrogen (secondary N) is 1. The molecule has 1 aromatic rings. The lowest BCUT2D eigenvalue weighted by atomic mass is 10.2. The van der Waals surface area contributed by atoms with Gasteiger partial charge < -0.3 is 10.1 Å². The van der Waals surface area contributed by atoms with E-state index in [4.69, 9.17) is 16.3 Å². The number of hydrogen-bond acceptors (Lipinski definition) is 4. The molecule has 4 nitrogen and oxygen atoms in total. The second-order valence-electron chi connectivity index (χ2n) is 4.98. The first-order chi connectivity index (χ1) is 9.96. The molecule has 0 aliphatic rings. The first-order valence-electron chi connectivity index (χ1n) is 7.22. The Morgan fingerprint density at radius 3 is 2.62 bits per heavy atom. The van der Waals surface area contributed by atoms with Gasteiger partial charge in [0, 0.05) is 36.6 Å². The summed E-state index contributed by atoms with van der Waals surface area (Å²) in [5.41, 5.74) is 0.633. The van der Waals surface area contributed by atoms with Crippen LogP contribution in [0.4, 0.5) is 0 Å². The molecule has 0 bridgehead atoms. The molecule has 0 aliphatic carbocycles. The van der Waals surface area contributed by atoms with Crippen molar-refractivity contribution in [1.82, 2.24) is 5.32 Å². The van der Waals surface area contributed by atoms with E-state index in [1.807, 2.05) is 0 Å². The van der Waals surface area contributed by atoms with E-state index in [2.05, 4.69) is 12.2 Å². The zero-order valence-corrected chi connectivity index (χ0v) is 14.3. The Morgan fingerprint density at radius 1 is 1.24 bits per heavy atom. The van der Waals surface area contributed by atoms with Crippen molar-refractivity contribution in [3.05, 3.63) is 28.8 Å². The first kappa shape index (κ1) is 18.4. The summed E-state index contributed by atoms with van der Waals surface area (Å²) in [4.78, 5) is 0.293. The lowest BCUT2D eigenvalue weighted by Crippen LogP contribution is -2.18. The van der Waals surface area contributed by atoms with Crippen molar-refractivity contribution >= 4 is 21.4 Å². The molecule has 0 aliphatic heterocycles. The third kappa shape index (κ3) is 6.78. The van der Waals surface area contributed by atoms with Gasteiger partial charge in [-0.1, -0.05) is 31.0 Å². The van der Waals surface area contributed by atoms with Crippen molar-refractivity contribution in [3.63, 3.8) is 0 Å². The Kier molecular flexibility index (Phi) is 8.26. The molecule has 21 heavy (non-hydrogen) atoms. The minimum atomic E-state index is -3.26. The number of benzene rings is 1. The molecule has 0 saturated heterocycles. The highest BCUT2D eigenvalue weighted by Gasteiger charge is 2.15. The Hall–Kier alpha value is -0.620. The predicted octanol–water partition coefficient (Wildman–Crippen LogP) is 3.04. The number of hydrogen-bond donors (Lipinski definition) is 1. The fraction of sp³-hybridized carbons (Fsp3) is 0.600. The topological polar surface area (TPSA) is 55.4 Å². The molecular formula is C15H24ClNO3S. The monoisotopic (exact) mass is 333 g/mol. The van der Waals surface area contributed by atoms with Crippen molar-refractivity contribution in [2.45, 2.75) is 37.6 Å². The largest absolute Gasteiger partial charge is 0.381 e. The van der Waals surface area contributed by atoms with Crippen molar-refractivity contribution in [2.75, 3.05) is 26.0 Å². The Morgan fingerprint density at radius 2 is 1.95 bits per heavy atom. The molecule has 0 fully saturated rings. The molecule has 0 radical (unpaired) electrons. The van der Waals surface area contributed by atoms with Gasteiger partial charge in [-0.2, -0.15) is 0 Å².